The van der Waals surface area contributed by atoms with Gasteiger partial charge in [0.15, 0.2) is 0 Å². The van der Waals surface area contributed by atoms with Crippen LogP contribution in [0.2, 0.25) is 0 Å². The molecular weight excluding hydrogens is 248 g/mol. The Morgan fingerprint density at radius 3 is 1.89 bits per heavy atom. The Balaban J connectivity index is 4.60. The van der Waals surface area contributed by atoms with E-state index in [9.17, 15) is 8.42 Å². The van der Waals surface area contributed by atoms with E-state index in [0.717, 1.165) is 19.3 Å². The van der Waals surface area contributed by atoms with Crippen LogP contribution < -0.4 is 5.73 Å². The van der Waals surface area contributed by atoms with Gasteiger partial charge in [-0.3, -0.25) is 0 Å². The highest BCUT2D eigenvalue weighted by Gasteiger charge is 2.25. The summed E-state index contributed by atoms with van der Waals surface area (Å²) in [5.74, 6) is 0.0598. The smallest absolute Gasteiger partial charge is 0.215 e. The van der Waals surface area contributed by atoms with Crippen LogP contribution in [0.3, 0.4) is 0 Å². The SMILES string of the molecule is CCCN(CCC)S(=O)(=O)CC(N)CC(C)(C)C. The fraction of sp³-hybridized carbons (Fsp3) is 1.00. The molecule has 0 saturated heterocycles. The maximum absolute atomic E-state index is 12.3. The van der Waals surface area contributed by atoms with Crippen molar-refractivity contribution in [1.82, 2.24) is 4.31 Å². The highest BCUT2D eigenvalue weighted by Crippen LogP contribution is 2.21. The van der Waals surface area contributed by atoms with Gasteiger partial charge in [0.25, 0.3) is 0 Å². The zero-order valence-electron chi connectivity index (χ0n) is 12.6. The molecule has 0 aromatic rings. The van der Waals surface area contributed by atoms with E-state index < -0.39 is 10.0 Å². The topological polar surface area (TPSA) is 63.4 Å². The molecule has 110 valence electrons. The summed E-state index contributed by atoms with van der Waals surface area (Å²) in [7, 11) is -3.21. The van der Waals surface area contributed by atoms with Crippen molar-refractivity contribution in [3.8, 4) is 0 Å². The normalized spacial score (nSPS) is 15.1. The number of rotatable bonds is 8. The van der Waals surface area contributed by atoms with Gasteiger partial charge in [0, 0.05) is 19.1 Å². The number of nitrogens with zero attached hydrogens (tertiary/aromatic N) is 1. The Kier molecular flexibility index (Phi) is 7.40. The van der Waals surface area contributed by atoms with Gasteiger partial charge >= 0.3 is 0 Å². The summed E-state index contributed by atoms with van der Waals surface area (Å²) in [5.41, 5.74) is 6.03. The molecule has 0 radical (unpaired) electrons. The molecule has 0 spiro atoms. The van der Waals surface area contributed by atoms with Crippen LogP contribution in [-0.4, -0.2) is 37.6 Å². The van der Waals surface area contributed by atoms with E-state index in [4.69, 9.17) is 5.73 Å². The molecule has 18 heavy (non-hydrogen) atoms. The molecule has 0 bridgehead atoms. The van der Waals surface area contributed by atoms with Gasteiger partial charge in [-0.15, -0.1) is 0 Å². The first-order valence-corrected chi connectivity index (χ1v) is 8.46. The van der Waals surface area contributed by atoms with E-state index in [0.29, 0.717) is 13.1 Å². The van der Waals surface area contributed by atoms with Crippen molar-refractivity contribution in [3.63, 3.8) is 0 Å². The fourth-order valence-corrected chi connectivity index (χ4v) is 3.90. The fourth-order valence-electron chi connectivity index (χ4n) is 2.11. The quantitative estimate of drug-likeness (QED) is 0.740. The second-order valence-electron chi connectivity index (χ2n) is 6.20. The molecule has 0 aliphatic carbocycles. The molecule has 0 aromatic heterocycles. The maximum Gasteiger partial charge on any atom is 0.215 e. The molecule has 0 fully saturated rings. The second-order valence-corrected chi connectivity index (χ2v) is 8.22. The minimum atomic E-state index is -3.21. The predicted octanol–water partition coefficient (Wildman–Crippen LogP) is 2.20. The van der Waals surface area contributed by atoms with Crippen molar-refractivity contribution in [1.29, 1.82) is 0 Å². The van der Waals surface area contributed by atoms with E-state index in [1.165, 1.54) is 0 Å². The van der Waals surface area contributed by atoms with Gasteiger partial charge in [-0.1, -0.05) is 34.6 Å². The van der Waals surface area contributed by atoms with E-state index >= 15 is 0 Å². The summed E-state index contributed by atoms with van der Waals surface area (Å²) in [6, 6.07) is -0.286. The van der Waals surface area contributed by atoms with E-state index in [-0.39, 0.29) is 17.2 Å². The molecule has 2 N–H and O–H groups in total. The average molecular weight is 278 g/mol. The minimum Gasteiger partial charge on any atom is -0.327 e. The summed E-state index contributed by atoms with van der Waals surface area (Å²) in [5, 5.41) is 0. The lowest BCUT2D eigenvalue weighted by Crippen LogP contribution is -2.41. The van der Waals surface area contributed by atoms with Crippen molar-refractivity contribution in [3.05, 3.63) is 0 Å². The van der Waals surface area contributed by atoms with Gasteiger partial charge in [-0.2, -0.15) is 0 Å². The molecule has 1 atom stereocenters. The zero-order chi connectivity index (χ0) is 14.4. The van der Waals surface area contributed by atoms with Crippen molar-refractivity contribution < 1.29 is 8.42 Å². The van der Waals surface area contributed by atoms with E-state index in [2.05, 4.69) is 20.8 Å². The highest BCUT2D eigenvalue weighted by atomic mass is 32.2. The molecule has 4 nitrogen and oxygen atoms in total. The van der Waals surface area contributed by atoms with Crippen LogP contribution in [0.4, 0.5) is 0 Å². The first kappa shape index (κ1) is 17.9. The number of hydrogen-bond acceptors (Lipinski definition) is 3. The minimum absolute atomic E-state index is 0.0598. The second kappa shape index (κ2) is 7.46. The number of hydrogen-bond donors (Lipinski definition) is 1. The molecule has 0 saturated carbocycles. The van der Waals surface area contributed by atoms with Crippen molar-refractivity contribution in [2.24, 2.45) is 11.1 Å². The number of nitrogens with two attached hydrogens (primary N) is 1. The third-order valence-corrected chi connectivity index (χ3v) is 4.64. The highest BCUT2D eigenvalue weighted by molar-refractivity contribution is 7.89. The summed E-state index contributed by atoms with van der Waals surface area (Å²) in [4.78, 5) is 0. The van der Waals surface area contributed by atoms with Crippen LogP contribution in [0.25, 0.3) is 0 Å². The molecule has 1 unspecified atom stereocenters. The monoisotopic (exact) mass is 278 g/mol. The standard InChI is InChI=1S/C13H30N2O2S/c1-6-8-15(9-7-2)18(16,17)11-12(14)10-13(3,4)5/h12H,6-11,14H2,1-5H3. The molecule has 0 aliphatic rings. The summed E-state index contributed by atoms with van der Waals surface area (Å²) < 4.78 is 26.1. The lowest BCUT2D eigenvalue weighted by molar-refractivity contribution is 0.344. The lowest BCUT2D eigenvalue weighted by Gasteiger charge is -2.26. The molecule has 5 heteroatoms. The average Bonchev–Trinajstić information content (AvgIpc) is 2.13. The molecule has 0 aromatic carbocycles. The summed E-state index contributed by atoms with van der Waals surface area (Å²) >= 11 is 0. The van der Waals surface area contributed by atoms with Crippen LogP contribution in [0.5, 0.6) is 0 Å². The Morgan fingerprint density at radius 2 is 1.56 bits per heavy atom. The van der Waals surface area contributed by atoms with Gasteiger partial charge in [-0.25, -0.2) is 12.7 Å². The van der Waals surface area contributed by atoms with Gasteiger partial charge in [0.05, 0.1) is 5.75 Å². The molecule has 0 rings (SSSR count). The predicted molar refractivity (Wildman–Crippen MR) is 78.0 cm³/mol. The van der Waals surface area contributed by atoms with Gasteiger partial charge in [0.1, 0.15) is 0 Å². The number of sulfonamides is 1. The Labute approximate surface area is 113 Å². The van der Waals surface area contributed by atoms with E-state index in [1.54, 1.807) is 4.31 Å². The summed E-state index contributed by atoms with van der Waals surface area (Å²) in [6.07, 6.45) is 2.40. The first-order chi connectivity index (χ1) is 8.12. The lowest BCUT2D eigenvalue weighted by atomic mass is 9.89. The van der Waals surface area contributed by atoms with Crippen LogP contribution in [0.1, 0.15) is 53.9 Å². The third-order valence-electron chi connectivity index (χ3n) is 2.64. The van der Waals surface area contributed by atoms with E-state index in [1.807, 2.05) is 13.8 Å². The summed E-state index contributed by atoms with van der Waals surface area (Å²) in [6.45, 7) is 11.4. The largest absolute Gasteiger partial charge is 0.327 e. The van der Waals surface area contributed by atoms with Gasteiger partial charge in [-0.05, 0) is 24.7 Å². The molecule has 0 amide bonds. The molecular formula is C13H30N2O2S. The van der Waals surface area contributed by atoms with Gasteiger partial charge < -0.3 is 5.73 Å². The third kappa shape index (κ3) is 7.34. The van der Waals surface area contributed by atoms with Gasteiger partial charge in [0.2, 0.25) is 10.0 Å². The van der Waals surface area contributed by atoms with Crippen LogP contribution in [0, 0.1) is 5.41 Å². The van der Waals surface area contributed by atoms with Crippen LogP contribution in [-0.2, 0) is 10.0 Å². The molecule has 0 aliphatic heterocycles. The maximum atomic E-state index is 12.3. The van der Waals surface area contributed by atoms with Crippen molar-refractivity contribution in [2.45, 2.75) is 59.9 Å². The van der Waals surface area contributed by atoms with Crippen molar-refractivity contribution >= 4 is 10.0 Å². The van der Waals surface area contributed by atoms with Crippen LogP contribution >= 0.6 is 0 Å². The Morgan fingerprint density at radius 1 is 1.11 bits per heavy atom. The Hall–Kier alpha value is -0.130. The van der Waals surface area contributed by atoms with Crippen molar-refractivity contribution in [2.75, 3.05) is 18.8 Å². The first-order valence-electron chi connectivity index (χ1n) is 6.85. The Bertz CT molecular complexity index is 314. The zero-order valence-corrected chi connectivity index (χ0v) is 13.4. The molecule has 0 heterocycles. The van der Waals surface area contributed by atoms with Crippen LogP contribution in [0.15, 0.2) is 0 Å².